The molecule has 0 heterocycles. The van der Waals surface area contributed by atoms with Crippen molar-refractivity contribution in [3.05, 3.63) is 71.8 Å². The van der Waals surface area contributed by atoms with Crippen molar-refractivity contribution in [2.75, 3.05) is 11.5 Å². The molecular formula is C31H38O2S3. The largest absolute Gasteiger partial charge is 0.294 e. The molecule has 2 aromatic rings. The number of thioether (sulfide) groups is 2. The Labute approximate surface area is 230 Å². The van der Waals surface area contributed by atoms with Gasteiger partial charge in [-0.1, -0.05) is 111 Å². The van der Waals surface area contributed by atoms with Crippen molar-refractivity contribution in [1.29, 1.82) is 0 Å². The van der Waals surface area contributed by atoms with E-state index in [-0.39, 0.29) is 23.4 Å². The fourth-order valence-corrected chi connectivity index (χ4v) is 8.54. The number of thiocarbonyl (C=S) groups is 1. The average molecular weight is 539 g/mol. The van der Waals surface area contributed by atoms with E-state index in [1.54, 1.807) is 23.5 Å². The Morgan fingerprint density at radius 2 is 1.00 bits per heavy atom. The van der Waals surface area contributed by atoms with Gasteiger partial charge in [-0.25, -0.2) is 0 Å². The molecule has 2 aromatic carbocycles. The number of carbonyl (C=O) groups is 2. The van der Waals surface area contributed by atoms with Crippen LogP contribution in [0.1, 0.15) is 84.9 Å². The van der Waals surface area contributed by atoms with E-state index >= 15 is 0 Å². The van der Waals surface area contributed by atoms with Crippen LogP contribution in [-0.4, -0.2) is 26.6 Å². The zero-order valence-electron chi connectivity index (χ0n) is 21.1. The smallest absolute Gasteiger partial charge is 0.167 e. The lowest BCUT2D eigenvalue weighted by atomic mass is 9.77. The van der Waals surface area contributed by atoms with Crippen LogP contribution in [0.2, 0.25) is 0 Å². The third-order valence-electron chi connectivity index (χ3n) is 7.99. The molecule has 0 saturated heterocycles. The molecule has 5 heteroatoms. The van der Waals surface area contributed by atoms with E-state index in [4.69, 9.17) is 12.2 Å². The molecule has 2 unspecified atom stereocenters. The van der Waals surface area contributed by atoms with Gasteiger partial charge in [-0.05, 0) is 37.5 Å². The van der Waals surface area contributed by atoms with Gasteiger partial charge in [-0.3, -0.25) is 9.59 Å². The first-order valence-corrected chi connectivity index (χ1v) is 16.0. The standard InChI is InChI=1S/C31H38O2S3/c32-29(25-17-9-3-10-18-25)27(23-13-5-1-6-14-23)21-35-31(34)36-22-28(24-15-7-2-8-16-24)30(33)26-19-11-4-12-20-26/h3-4,9-12,17-20,23-24,27-28H,1-2,5-8,13-16,21-22H2. The minimum absolute atomic E-state index is 0.0105. The Kier molecular flexibility index (Phi) is 11.1. The van der Waals surface area contributed by atoms with Crippen LogP contribution in [0.5, 0.6) is 0 Å². The first kappa shape index (κ1) is 27.6. The second-order valence-corrected chi connectivity index (χ2v) is 13.6. The van der Waals surface area contributed by atoms with Crippen LogP contribution in [0.4, 0.5) is 0 Å². The van der Waals surface area contributed by atoms with E-state index in [2.05, 4.69) is 0 Å². The summed E-state index contributed by atoms with van der Waals surface area (Å²) in [7, 11) is 0. The predicted octanol–water partition coefficient (Wildman–Crippen LogP) is 8.90. The number of carbonyl (C=O) groups excluding carboxylic acids is 2. The average Bonchev–Trinajstić information content (AvgIpc) is 2.95. The molecule has 4 rings (SSSR count). The Morgan fingerprint density at radius 3 is 1.36 bits per heavy atom. The van der Waals surface area contributed by atoms with Crippen molar-refractivity contribution in [3.63, 3.8) is 0 Å². The topological polar surface area (TPSA) is 34.1 Å². The SMILES string of the molecule is O=C(c1ccccc1)C(CSC(=S)SCC(C(=O)c1ccccc1)C1CCCCC1)C1CCCCC1. The van der Waals surface area contributed by atoms with Crippen LogP contribution < -0.4 is 0 Å². The lowest BCUT2D eigenvalue weighted by Gasteiger charge is -2.30. The Morgan fingerprint density at radius 1 is 0.639 bits per heavy atom. The van der Waals surface area contributed by atoms with E-state index in [0.717, 1.165) is 51.8 Å². The summed E-state index contributed by atoms with van der Waals surface area (Å²) in [6.07, 6.45) is 12.0. The minimum atomic E-state index is 0.0105. The van der Waals surface area contributed by atoms with Gasteiger partial charge in [0.2, 0.25) is 0 Å². The van der Waals surface area contributed by atoms with Crippen LogP contribution >= 0.6 is 35.7 Å². The summed E-state index contributed by atoms with van der Waals surface area (Å²) in [5, 5.41) is 0. The molecule has 0 amide bonds. The van der Waals surface area contributed by atoms with Crippen molar-refractivity contribution in [2.24, 2.45) is 23.7 Å². The van der Waals surface area contributed by atoms with E-state index in [0.29, 0.717) is 11.8 Å². The quantitative estimate of drug-likeness (QED) is 0.223. The van der Waals surface area contributed by atoms with Crippen molar-refractivity contribution in [1.82, 2.24) is 0 Å². The van der Waals surface area contributed by atoms with Gasteiger partial charge >= 0.3 is 0 Å². The van der Waals surface area contributed by atoms with Gasteiger partial charge in [0, 0.05) is 34.5 Å². The molecule has 0 radical (unpaired) electrons. The van der Waals surface area contributed by atoms with E-state index < -0.39 is 0 Å². The molecule has 2 aliphatic rings. The molecular weight excluding hydrogens is 501 g/mol. The number of ketones is 2. The van der Waals surface area contributed by atoms with Crippen molar-refractivity contribution >= 4 is 50.8 Å². The molecule has 0 aromatic heterocycles. The van der Waals surface area contributed by atoms with Crippen LogP contribution in [0.3, 0.4) is 0 Å². The number of benzene rings is 2. The fraction of sp³-hybridized carbons (Fsp3) is 0.516. The molecule has 0 spiro atoms. The van der Waals surface area contributed by atoms with Crippen LogP contribution in [0, 0.1) is 23.7 Å². The van der Waals surface area contributed by atoms with E-state index in [1.807, 2.05) is 60.7 Å². The van der Waals surface area contributed by atoms with Crippen LogP contribution in [0.25, 0.3) is 0 Å². The van der Waals surface area contributed by atoms with Crippen LogP contribution in [-0.2, 0) is 0 Å². The molecule has 2 saturated carbocycles. The zero-order valence-corrected chi connectivity index (χ0v) is 23.6. The maximum Gasteiger partial charge on any atom is 0.167 e. The third kappa shape index (κ3) is 7.79. The van der Waals surface area contributed by atoms with Gasteiger partial charge in [0.1, 0.15) is 3.53 Å². The van der Waals surface area contributed by atoms with Gasteiger partial charge in [0.15, 0.2) is 11.6 Å². The van der Waals surface area contributed by atoms with Crippen molar-refractivity contribution in [2.45, 2.75) is 64.2 Å². The monoisotopic (exact) mass is 538 g/mol. The summed E-state index contributed by atoms with van der Waals surface area (Å²) < 4.78 is 0.873. The predicted molar refractivity (Wildman–Crippen MR) is 159 cm³/mol. The number of Topliss-reactive ketones (excluding diaryl/α,β-unsaturated/α-hetero) is 2. The summed E-state index contributed by atoms with van der Waals surface area (Å²) in [4.78, 5) is 26.9. The van der Waals surface area contributed by atoms with Gasteiger partial charge in [-0.2, -0.15) is 0 Å². The first-order chi connectivity index (χ1) is 17.6. The second kappa shape index (κ2) is 14.5. The highest BCUT2D eigenvalue weighted by Gasteiger charge is 2.32. The fourth-order valence-electron chi connectivity index (χ4n) is 5.92. The highest BCUT2D eigenvalue weighted by atomic mass is 32.2. The number of rotatable bonds is 10. The van der Waals surface area contributed by atoms with Gasteiger partial charge in [0.25, 0.3) is 0 Å². The highest BCUT2D eigenvalue weighted by Crippen LogP contribution is 2.37. The molecule has 0 N–H and O–H groups in total. The Balaban J connectivity index is 1.38. The third-order valence-corrected chi connectivity index (χ3v) is 10.9. The normalized spacial score (nSPS) is 18.9. The maximum absolute atomic E-state index is 13.5. The molecule has 2 aliphatic carbocycles. The lowest BCUT2D eigenvalue weighted by Crippen LogP contribution is -2.29. The lowest BCUT2D eigenvalue weighted by molar-refractivity contribution is 0.0861. The highest BCUT2D eigenvalue weighted by molar-refractivity contribution is 8.47. The molecule has 36 heavy (non-hydrogen) atoms. The molecule has 0 bridgehead atoms. The zero-order chi connectivity index (χ0) is 25.2. The van der Waals surface area contributed by atoms with Crippen molar-refractivity contribution in [3.8, 4) is 0 Å². The van der Waals surface area contributed by atoms with Crippen LogP contribution in [0.15, 0.2) is 60.7 Å². The van der Waals surface area contributed by atoms with Gasteiger partial charge in [-0.15, -0.1) is 23.5 Å². The maximum atomic E-state index is 13.5. The molecule has 0 aliphatic heterocycles. The summed E-state index contributed by atoms with van der Waals surface area (Å²) >= 11 is 9.12. The molecule has 2 nitrogen and oxygen atoms in total. The summed E-state index contributed by atoms with van der Waals surface area (Å²) in [5.74, 6) is 2.93. The summed E-state index contributed by atoms with van der Waals surface area (Å²) in [6.45, 7) is 0. The molecule has 2 atom stereocenters. The van der Waals surface area contributed by atoms with Gasteiger partial charge in [0.05, 0.1) is 0 Å². The Hall–Kier alpha value is -1.43. The van der Waals surface area contributed by atoms with E-state index in [9.17, 15) is 9.59 Å². The second-order valence-electron chi connectivity index (χ2n) is 10.3. The summed E-state index contributed by atoms with van der Waals surface area (Å²) in [6, 6.07) is 19.5. The number of hydrogen-bond donors (Lipinski definition) is 0. The Bertz CT molecular complexity index is 900. The van der Waals surface area contributed by atoms with Crippen molar-refractivity contribution < 1.29 is 9.59 Å². The summed E-state index contributed by atoms with van der Waals surface area (Å²) in [5.41, 5.74) is 1.64. The first-order valence-electron chi connectivity index (χ1n) is 13.6. The minimum Gasteiger partial charge on any atom is -0.294 e. The molecule has 192 valence electrons. The van der Waals surface area contributed by atoms with E-state index in [1.165, 1.54) is 38.5 Å². The molecule has 2 fully saturated rings. The number of hydrogen-bond acceptors (Lipinski definition) is 5. The van der Waals surface area contributed by atoms with Gasteiger partial charge < -0.3 is 0 Å².